The van der Waals surface area contributed by atoms with E-state index in [1.165, 1.54) is 24.3 Å². The molecule has 0 fully saturated rings. The molecule has 2 aromatic carbocycles. The average molecular weight is 400 g/mol. The minimum absolute atomic E-state index is 0.00371. The van der Waals surface area contributed by atoms with Gasteiger partial charge in [-0.2, -0.15) is 4.98 Å². The molecule has 0 saturated carbocycles. The van der Waals surface area contributed by atoms with Gasteiger partial charge in [-0.05, 0) is 42.7 Å². The van der Waals surface area contributed by atoms with E-state index < -0.39 is 5.97 Å². The van der Waals surface area contributed by atoms with Crippen LogP contribution in [0.2, 0.25) is 0 Å². The Morgan fingerprint density at radius 2 is 1.82 bits per heavy atom. The molecule has 0 N–H and O–H groups in total. The molecule has 0 spiro atoms. The molecular weight excluding hydrogens is 383 g/mol. The first kappa shape index (κ1) is 19.8. The van der Waals surface area contributed by atoms with E-state index in [0.29, 0.717) is 17.0 Å². The second kappa shape index (κ2) is 9.27. The van der Waals surface area contributed by atoms with Gasteiger partial charge in [-0.3, -0.25) is 9.59 Å². The Balaban J connectivity index is 1.46. The lowest BCUT2D eigenvalue weighted by Gasteiger charge is -2.04. The number of carbonyl (C=O) groups excluding carboxylic acids is 2. The molecule has 0 aliphatic heterocycles. The van der Waals surface area contributed by atoms with Gasteiger partial charge in [0.15, 0.2) is 12.4 Å². The number of hydrogen-bond donors (Lipinski definition) is 0. The van der Waals surface area contributed by atoms with Crippen LogP contribution in [0, 0.1) is 5.82 Å². The van der Waals surface area contributed by atoms with Crippen LogP contribution in [0.1, 0.15) is 22.7 Å². The molecule has 0 amide bonds. The topological polar surface area (TPSA) is 82.3 Å². The van der Waals surface area contributed by atoms with E-state index >= 15 is 0 Å². The summed E-state index contributed by atoms with van der Waals surface area (Å²) in [7, 11) is 0. The maximum absolute atomic E-state index is 12.9. The van der Waals surface area contributed by atoms with Crippen LogP contribution in [-0.2, 0) is 16.0 Å². The first-order chi connectivity index (χ1) is 13.5. The summed E-state index contributed by atoms with van der Waals surface area (Å²) in [6.07, 6.45) is 2.14. The summed E-state index contributed by atoms with van der Waals surface area (Å²) in [5.74, 6) is -0.583. The lowest BCUT2D eigenvalue weighted by atomic mass is 10.1. The third-order valence-electron chi connectivity index (χ3n) is 3.89. The van der Waals surface area contributed by atoms with Crippen molar-refractivity contribution in [3.8, 4) is 11.4 Å². The Morgan fingerprint density at radius 1 is 1.11 bits per heavy atom. The van der Waals surface area contributed by atoms with Crippen molar-refractivity contribution in [2.75, 3.05) is 12.9 Å². The molecule has 0 aliphatic carbocycles. The van der Waals surface area contributed by atoms with Gasteiger partial charge in [0, 0.05) is 22.4 Å². The zero-order valence-corrected chi connectivity index (χ0v) is 15.9. The first-order valence-electron chi connectivity index (χ1n) is 8.46. The molecule has 1 heterocycles. The fourth-order valence-corrected chi connectivity index (χ4v) is 2.77. The fourth-order valence-electron chi connectivity index (χ4n) is 2.36. The van der Waals surface area contributed by atoms with Crippen LogP contribution in [0.25, 0.3) is 11.4 Å². The number of Topliss-reactive ketones (excluding diaryl/α,β-unsaturated/α-hetero) is 1. The van der Waals surface area contributed by atoms with Gasteiger partial charge in [-0.15, -0.1) is 11.8 Å². The van der Waals surface area contributed by atoms with Crippen LogP contribution in [0.3, 0.4) is 0 Å². The van der Waals surface area contributed by atoms with Gasteiger partial charge in [0.2, 0.25) is 11.7 Å². The van der Waals surface area contributed by atoms with E-state index in [1.54, 1.807) is 23.9 Å². The predicted molar refractivity (Wildman–Crippen MR) is 102 cm³/mol. The molecule has 3 aromatic rings. The highest BCUT2D eigenvalue weighted by Crippen LogP contribution is 2.17. The van der Waals surface area contributed by atoms with Crippen molar-refractivity contribution in [1.29, 1.82) is 0 Å². The highest BCUT2D eigenvalue weighted by atomic mass is 32.2. The van der Waals surface area contributed by atoms with E-state index in [1.807, 2.05) is 18.4 Å². The summed E-state index contributed by atoms with van der Waals surface area (Å²) >= 11 is 1.58. The summed E-state index contributed by atoms with van der Waals surface area (Å²) < 4.78 is 23.0. The Kier molecular flexibility index (Phi) is 6.54. The van der Waals surface area contributed by atoms with Crippen LogP contribution in [0.5, 0.6) is 0 Å². The highest BCUT2D eigenvalue weighted by molar-refractivity contribution is 7.98. The maximum atomic E-state index is 12.9. The number of ether oxygens (including phenoxy) is 1. The molecule has 0 saturated heterocycles. The molecule has 0 aliphatic rings. The Labute approximate surface area is 165 Å². The van der Waals surface area contributed by atoms with Gasteiger partial charge in [-0.1, -0.05) is 17.3 Å². The molecule has 0 atom stereocenters. The van der Waals surface area contributed by atoms with Crippen molar-refractivity contribution in [1.82, 2.24) is 10.1 Å². The second-order valence-corrected chi connectivity index (χ2v) is 6.71. The van der Waals surface area contributed by atoms with Crippen LogP contribution in [0.4, 0.5) is 4.39 Å². The molecular formula is C20H17FN2O4S. The normalized spacial score (nSPS) is 10.6. The van der Waals surface area contributed by atoms with Crippen LogP contribution >= 0.6 is 11.8 Å². The average Bonchev–Trinajstić information content (AvgIpc) is 3.20. The van der Waals surface area contributed by atoms with Gasteiger partial charge in [0.05, 0.1) is 6.42 Å². The highest BCUT2D eigenvalue weighted by Gasteiger charge is 2.13. The summed E-state index contributed by atoms with van der Waals surface area (Å²) in [5.41, 5.74) is 1.10. The molecule has 0 unspecified atom stereocenters. The summed E-state index contributed by atoms with van der Waals surface area (Å²) in [4.78, 5) is 29.1. The number of halogens is 1. The zero-order valence-electron chi connectivity index (χ0n) is 15.1. The number of rotatable bonds is 8. The van der Waals surface area contributed by atoms with E-state index in [0.717, 1.165) is 4.90 Å². The molecule has 6 nitrogen and oxygen atoms in total. The summed E-state index contributed by atoms with van der Waals surface area (Å²) in [6.45, 7) is -0.317. The second-order valence-electron chi connectivity index (χ2n) is 5.83. The molecule has 0 bridgehead atoms. The third-order valence-corrected chi connectivity index (χ3v) is 4.63. The van der Waals surface area contributed by atoms with Crippen molar-refractivity contribution in [3.63, 3.8) is 0 Å². The lowest BCUT2D eigenvalue weighted by molar-refractivity contribution is -0.142. The van der Waals surface area contributed by atoms with E-state index in [2.05, 4.69) is 10.1 Å². The van der Waals surface area contributed by atoms with Gasteiger partial charge in [-0.25, -0.2) is 4.39 Å². The standard InChI is InChI=1S/C20H17FN2O4S/c1-28-16-8-4-13(5-9-16)17(24)12-26-19(25)11-10-18-22-20(23-27-18)14-2-6-15(21)7-3-14/h2-9H,10-12H2,1H3. The molecule has 1 aromatic heterocycles. The van der Waals surface area contributed by atoms with Gasteiger partial charge >= 0.3 is 5.97 Å². The van der Waals surface area contributed by atoms with Crippen LogP contribution < -0.4 is 0 Å². The number of esters is 1. The number of ketones is 1. The molecule has 28 heavy (non-hydrogen) atoms. The van der Waals surface area contributed by atoms with Crippen molar-refractivity contribution in [3.05, 3.63) is 65.8 Å². The SMILES string of the molecule is CSc1ccc(C(=O)COC(=O)CCc2nc(-c3ccc(F)cc3)no2)cc1. The van der Waals surface area contributed by atoms with E-state index in [-0.39, 0.29) is 36.9 Å². The fraction of sp³-hybridized carbons (Fsp3) is 0.200. The Morgan fingerprint density at radius 3 is 2.50 bits per heavy atom. The summed E-state index contributed by atoms with van der Waals surface area (Å²) in [5, 5.41) is 3.81. The number of carbonyl (C=O) groups is 2. The number of thioether (sulfide) groups is 1. The Bertz CT molecular complexity index is 955. The predicted octanol–water partition coefficient (Wildman–Crippen LogP) is 3.96. The summed E-state index contributed by atoms with van der Waals surface area (Å²) in [6, 6.07) is 12.8. The van der Waals surface area contributed by atoms with E-state index in [9.17, 15) is 14.0 Å². The van der Waals surface area contributed by atoms with Crippen molar-refractivity contribution >= 4 is 23.5 Å². The van der Waals surface area contributed by atoms with Crippen LogP contribution in [0.15, 0.2) is 57.9 Å². The minimum atomic E-state index is -0.532. The van der Waals surface area contributed by atoms with Gasteiger partial charge in [0.1, 0.15) is 5.82 Å². The lowest BCUT2D eigenvalue weighted by Crippen LogP contribution is -2.14. The van der Waals surface area contributed by atoms with Crippen LogP contribution in [-0.4, -0.2) is 34.8 Å². The number of hydrogen-bond acceptors (Lipinski definition) is 7. The number of aryl methyl sites for hydroxylation is 1. The minimum Gasteiger partial charge on any atom is -0.457 e. The van der Waals surface area contributed by atoms with Crippen molar-refractivity contribution in [2.24, 2.45) is 0 Å². The molecule has 144 valence electrons. The molecule has 0 radical (unpaired) electrons. The van der Waals surface area contributed by atoms with Crippen molar-refractivity contribution in [2.45, 2.75) is 17.7 Å². The van der Waals surface area contributed by atoms with E-state index in [4.69, 9.17) is 9.26 Å². The quantitative estimate of drug-likeness (QED) is 0.322. The monoisotopic (exact) mass is 400 g/mol. The third kappa shape index (κ3) is 5.26. The van der Waals surface area contributed by atoms with Gasteiger partial charge in [0.25, 0.3) is 0 Å². The zero-order chi connectivity index (χ0) is 19.9. The number of benzene rings is 2. The Hall–Kier alpha value is -3.00. The molecule has 8 heteroatoms. The first-order valence-corrected chi connectivity index (χ1v) is 9.69. The maximum Gasteiger partial charge on any atom is 0.306 e. The number of nitrogens with zero attached hydrogens (tertiary/aromatic N) is 2. The van der Waals surface area contributed by atoms with Crippen molar-refractivity contribution < 1.29 is 23.2 Å². The van der Waals surface area contributed by atoms with Gasteiger partial charge < -0.3 is 9.26 Å². The number of aromatic nitrogens is 2. The largest absolute Gasteiger partial charge is 0.457 e. The molecule has 3 rings (SSSR count). The smallest absolute Gasteiger partial charge is 0.306 e.